The van der Waals surface area contributed by atoms with Crippen molar-refractivity contribution in [1.29, 1.82) is 0 Å². The molecular formula is C7H14ClNO3. The van der Waals surface area contributed by atoms with Crippen molar-refractivity contribution < 1.29 is 14.3 Å². The van der Waals surface area contributed by atoms with E-state index in [2.05, 4.69) is 10.1 Å². The van der Waals surface area contributed by atoms with Crippen LogP contribution in [0.25, 0.3) is 0 Å². The van der Waals surface area contributed by atoms with Gasteiger partial charge in [-0.1, -0.05) is 0 Å². The predicted molar refractivity (Wildman–Crippen MR) is 46.5 cm³/mol. The highest BCUT2D eigenvalue weighted by atomic mass is 35.5. The van der Waals surface area contributed by atoms with Crippen LogP contribution in [0.5, 0.6) is 0 Å². The van der Waals surface area contributed by atoms with Crippen LogP contribution < -0.4 is 5.32 Å². The minimum Gasteiger partial charge on any atom is -0.468 e. The third kappa shape index (κ3) is 2.97. The van der Waals surface area contributed by atoms with E-state index in [4.69, 9.17) is 4.74 Å². The van der Waals surface area contributed by atoms with Crippen LogP contribution in [0.3, 0.4) is 0 Å². The third-order valence-corrected chi connectivity index (χ3v) is 1.62. The summed E-state index contributed by atoms with van der Waals surface area (Å²) in [5.74, 6) is -0.253. The van der Waals surface area contributed by atoms with Crippen molar-refractivity contribution in [3.8, 4) is 0 Å². The maximum absolute atomic E-state index is 10.9. The van der Waals surface area contributed by atoms with Gasteiger partial charge in [-0.3, -0.25) is 10.1 Å². The van der Waals surface area contributed by atoms with E-state index in [9.17, 15) is 4.79 Å². The minimum absolute atomic E-state index is 0. The Kier molecular flexibility index (Phi) is 5.20. The zero-order chi connectivity index (χ0) is 8.27. The third-order valence-electron chi connectivity index (χ3n) is 1.62. The van der Waals surface area contributed by atoms with Crippen LogP contribution in [0.4, 0.5) is 0 Å². The van der Waals surface area contributed by atoms with E-state index in [1.54, 1.807) is 0 Å². The van der Waals surface area contributed by atoms with Crippen LogP contribution >= 0.6 is 12.4 Å². The van der Waals surface area contributed by atoms with Gasteiger partial charge in [0.1, 0.15) is 6.04 Å². The molecule has 1 fully saturated rings. The second kappa shape index (κ2) is 5.35. The molecule has 0 bridgehead atoms. The van der Waals surface area contributed by atoms with Crippen molar-refractivity contribution in [3.05, 3.63) is 0 Å². The first-order chi connectivity index (χ1) is 5.24. The van der Waals surface area contributed by atoms with E-state index in [0.717, 1.165) is 0 Å². The molecule has 4 nitrogen and oxygen atoms in total. The lowest BCUT2D eigenvalue weighted by Gasteiger charge is -2.26. The number of hydrogen-bond donors (Lipinski definition) is 1. The van der Waals surface area contributed by atoms with E-state index >= 15 is 0 Å². The standard InChI is InChI=1S/C7H13NO3.ClH/c1-5-3-11-4-6(8-5)7(9)10-2;/h5-6,8H,3-4H2,1-2H3;1H/t5-,6-;/m1./s1. The molecule has 12 heavy (non-hydrogen) atoms. The van der Waals surface area contributed by atoms with Gasteiger partial charge in [0.2, 0.25) is 0 Å². The first-order valence-corrected chi connectivity index (χ1v) is 3.65. The molecule has 0 aromatic heterocycles. The molecule has 0 radical (unpaired) electrons. The van der Waals surface area contributed by atoms with Crippen molar-refractivity contribution in [2.75, 3.05) is 20.3 Å². The Labute approximate surface area is 78.0 Å². The number of hydrogen-bond acceptors (Lipinski definition) is 4. The fraction of sp³-hybridized carbons (Fsp3) is 0.857. The number of ether oxygens (including phenoxy) is 2. The van der Waals surface area contributed by atoms with Gasteiger partial charge in [0.05, 0.1) is 20.3 Å². The molecule has 0 aromatic carbocycles. The van der Waals surface area contributed by atoms with E-state index in [-0.39, 0.29) is 30.5 Å². The maximum atomic E-state index is 10.9. The summed E-state index contributed by atoms with van der Waals surface area (Å²) in [6.07, 6.45) is 0. The predicted octanol–water partition coefficient (Wildman–Crippen LogP) is -0.0419. The molecule has 1 heterocycles. The van der Waals surface area contributed by atoms with Crippen LogP contribution in [-0.4, -0.2) is 38.4 Å². The Morgan fingerprint density at radius 3 is 2.75 bits per heavy atom. The van der Waals surface area contributed by atoms with Gasteiger partial charge in [0.15, 0.2) is 0 Å². The van der Waals surface area contributed by atoms with E-state index in [0.29, 0.717) is 13.2 Å². The second-order valence-electron chi connectivity index (χ2n) is 2.68. The van der Waals surface area contributed by atoms with Gasteiger partial charge < -0.3 is 9.47 Å². The van der Waals surface area contributed by atoms with Crippen LogP contribution in [0.1, 0.15) is 6.92 Å². The summed E-state index contributed by atoms with van der Waals surface area (Å²) in [5.41, 5.74) is 0. The molecule has 1 aliphatic rings. The maximum Gasteiger partial charge on any atom is 0.325 e. The first-order valence-electron chi connectivity index (χ1n) is 3.65. The Bertz CT molecular complexity index is 154. The molecule has 1 N–H and O–H groups in total. The monoisotopic (exact) mass is 195 g/mol. The van der Waals surface area contributed by atoms with Gasteiger partial charge in [0.25, 0.3) is 0 Å². The lowest BCUT2D eigenvalue weighted by atomic mass is 10.2. The Morgan fingerprint density at radius 1 is 1.58 bits per heavy atom. The molecule has 1 rings (SSSR count). The molecule has 0 aromatic rings. The molecular weight excluding hydrogens is 182 g/mol. The number of morpholine rings is 1. The van der Waals surface area contributed by atoms with Crippen molar-refractivity contribution in [2.24, 2.45) is 0 Å². The summed E-state index contributed by atoms with van der Waals surface area (Å²) >= 11 is 0. The number of methoxy groups -OCH3 is 1. The average molecular weight is 196 g/mol. The zero-order valence-corrected chi connectivity index (χ0v) is 8.02. The van der Waals surface area contributed by atoms with Crippen molar-refractivity contribution in [2.45, 2.75) is 19.0 Å². The first kappa shape index (κ1) is 11.7. The highest BCUT2D eigenvalue weighted by molar-refractivity contribution is 5.85. The minimum atomic E-state index is -0.288. The van der Waals surface area contributed by atoms with Crippen LogP contribution in [-0.2, 0) is 14.3 Å². The molecule has 0 unspecified atom stereocenters. The molecule has 0 spiro atoms. The molecule has 72 valence electrons. The van der Waals surface area contributed by atoms with Gasteiger partial charge in [-0.05, 0) is 6.92 Å². The van der Waals surface area contributed by atoms with Crippen LogP contribution in [0.2, 0.25) is 0 Å². The van der Waals surface area contributed by atoms with Crippen molar-refractivity contribution >= 4 is 18.4 Å². The summed E-state index contributed by atoms with van der Waals surface area (Å²) in [4.78, 5) is 10.9. The van der Waals surface area contributed by atoms with Crippen molar-refractivity contribution in [3.63, 3.8) is 0 Å². The second-order valence-corrected chi connectivity index (χ2v) is 2.68. The topological polar surface area (TPSA) is 47.6 Å². The lowest BCUT2D eigenvalue weighted by molar-refractivity contribution is -0.146. The normalized spacial score (nSPS) is 28.8. The van der Waals surface area contributed by atoms with Gasteiger partial charge in [-0.15, -0.1) is 12.4 Å². The number of esters is 1. The van der Waals surface area contributed by atoms with Crippen LogP contribution in [0, 0.1) is 0 Å². The Hall–Kier alpha value is -0.320. The number of halogens is 1. The summed E-state index contributed by atoms with van der Waals surface area (Å²) in [5, 5.41) is 3.07. The molecule has 2 atom stereocenters. The van der Waals surface area contributed by atoms with E-state index in [1.165, 1.54) is 7.11 Å². The number of rotatable bonds is 1. The Balaban J connectivity index is 0.00000121. The fourth-order valence-electron chi connectivity index (χ4n) is 1.08. The van der Waals surface area contributed by atoms with Crippen LogP contribution in [0.15, 0.2) is 0 Å². The smallest absolute Gasteiger partial charge is 0.325 e. The van der Waals surface area contributed by atoms with Gasteiger partial charge in [0, 0.05) is 6.04 Å². The summed E-state index contributed by atoms with van der Waals surface area (Å²) in [6, 6.07) is -0.0587. The highest BCUT2D eigenvalue weighted by Gasteiger charge is 2.24. The van der Waals surface area contributed by atoms with Gasteiger partial charge in [-0.25, -0.2) is 0 Å². The zero-order valence-electron chi connectivity index (χ0n) is 7.20. The number of carbonyl (C=O) groups is 1. The number of nitrogens with one attached hydrogen (secondary N) is 1. The fourth-order valence-corrected chi connectivity index (χ4v) is 1.08. The van der Waals surface area contributed by atoms with Gasteiger partial charge >= 0.3 is 5.97 Å². The van der Waals surface area contributed by atoms with Gasteiger partial charge in [-0.2, -0.15) is 0 Å². The average Bonchev–Trinajstić information content (AvgIpc) is 2.03. The SMILES string of the molecule is COC(=O)[C@H]1COC[C@@H](C)N1.Cl. The summed E-state index contributed by atoms with van der Waals surface area (Å²) in [7, 11) is 1.38. The molecule has 0 amide bonds. The van der Waals surface area contributed by atoms with E-state index in [1.807, 2.05) is 6.92 Å². The number of carbonyl (C=O) groups excluding carboxylic acids is 1. The van der Waals surface area contributed by atoms with Crippen molar-refractivity contribution in [1.82, 2.24) is 5.32 Å². The lowest BCUT2D eigenvalue weighted by Crippen LogP contribution is -2.51. The van der Waals surface area contributed by atoms with E-state index < -0.39 is 0 Å². The molecule has 1 saturated heterocycles. The summed E-state index contributed by atoms with van der Waals surface area (Å²) < 4.78 is 9.71. The highest BCUT2D eigenvalue weighted by Crippen LogP contribution is 1.99. The molecule has 0 saturated carbocycles. The largest absolute Gasteiger partial charge is 0.468 e. The molecule has 5 heteroatoms. The molecule has 0 aliphatic carbocycles. The quantitative estimate of drug-likeness (QED) is 0.597. The molecule has 1 aliphatic heterocycles. The Morgan fingerprint density at radius 2 is 2.25 bits per heavy atom. The summed E-state index contributed by atoms with van der Waals surface area (Å²) in [6.45, 7) is 3.04.